The van der Waals surface area contributed by atoms with Gasteiger partial charge >= 0.3 is 0 Å². The average Bonchev–Trinajstić information content (AvgIpc) is 2.19. The van der Waals surface area contributed by atoms with Crippen LogP contribution in [0.3, 0.4) is 0 Å². The highest BCUT2D eigenvalue weighted by Gasteiger charge is 2.16. The van der Waals surface area contributed by atoms with Gasteiger partial charge in [-0.1, -0.05) is 0 Å². The number of pyridine rings is 1. The molecule has 14 heavy (non-hydrogen) atoms. The largest absolute Gasteiger partial charge is 0.506 e. The van der Waals surface area contributed by atoms with Crippen LogP contribution in [0.15, 0.2) is 18.5 Å². The molecule has 2 heterocycles. The Labute approximate surface area is 83.4 Å². The van der Waals surface area contributed by atoms with Crippen LogP contribution >= 0.6 is 0 Å². The van der Waals surface area contributed by atoms with Crippen LogP contribution in [0.5, 0.6) is 5.75 Å². The molecule has 0 atom stereocenters. The van der Waals surface area contributed by atoms with Gasteiger partial charge in [0.2, 0.25) is 0 Å². The van der Waals surface area contributed by atoms with Gasteiger partial charge in [-0.25, -0.2) is 0 Å². The first-order valence-electron chi connectivity index (χ1n) is 4.90. The molecule has 0 aromatic carbocycles. The molecule has 0 radical (unpaired) electrons. The number of hydrogen-bond acceptors (Lipinski definition) is 4. The third kappa shape index (κ3) is 1.96. The lowest BCUT2D eigenvalue weighted by Gasteiger charge is -2.31. The number of aromatic nitrogens is 1. The van der Waals surface area contributed by atoms with Crippen molar-refractivity contribution < 1.29 is 5.11 Å². The zero-order valence-electron chi connectivity index (χ0n) is 8.06. The molecule has 1 aromatic rings. The number of anilines is 1. The molecule has 0 aliphatic carbocycles. The highest BCUT2D eigenvalue weighted by molar-refractivity contribution is 5.48. The predicted octanol–water partition coefficient (Wildman–Crippen LogP) is 0.715. The summed E-state index contributed by atoms with van der Waals surface area (Å²) in [6.07, 6.45) is 5.24. The van der Waals surface area contributed by atoms with Crippen LogP contribution < -0.4 is 10.6 Å². The maximum atomic E-state index is 9.28. The summed E-state index contributed by atoms with van der Waals surface area (Å²) in [5.74, 6) is 0.220. The van der Waals surface area contributed by atoms with Gasteiger partial charge in [0.15, 0.2) is 0 Å². The van der Waals surface area contributed by atoms with Gasteiger partial charge in [-0.05, 0) is 12.8 Å². The third-order valence-electron chi connectivity index (χ3n) is 2.61. The molecule has 1 fully saturated rings. The first-order valence-corrected chi connectivity index (χ1v) is 4.90. The van der Waals surface area contributed by atoms with Gasteiger partial charge in [0.25, 0.3) is 0 Å². The number of nitrogens with two attached hydrogens (primary N) is 1. The second-order valence-electron chi connectivity index (χ2n) is 3.73. The molecule has 0 bridgehead atoms. The number of hydrogen-bond donors (Lipinski definition) is 2. The quantitative estimate of drug-likeness (QED) is 0.689. The zero-order valence-corrected chi connectivity index (χ0v) is 8.06. The minimum atomic E-state index is 0.220. The van der Waals surface area contributed by atoms with E-state index in [1.165, 1.54) is 6.20 Å². The molecule has 0 spiro atoms. The maximum absolute atomic E-state index is 9.28. The second kappa shape index (κ2) is 3.84. The second-order valence-corrected chi connectivity index (χ2v) is 3.73. The van der Waals surface area contributed by atoms with Crippen LogP contribution in [-0.4, -0.2) is 29.2 Å². The molecular weight excluding hydrogens is 178 g/mol. The van der Waals surface area contributed by atoms with Crippen molar-refractivity contribution in [1.82, 2.24) is 4.98 Å². The fourth-order valence-electron chi connectivity index (χ4n) is 1.75. The maximum Gasteiger partial charge on any atom is 0.135 e. The topological polar surface area (TPSA) is 62.4 Å². The number of nitrogens with zero attached hydrogens (tertiary/aromatic N) is 2. The van der Waals surface area contributed by atoms with E-state index in [-0.39, 0.29) is 5.75 Å². The fraction of sp³-hybridized carbons (Fsp3) is 0.500. The first-order chi connectivity index (χ1) is 6.75. The van der Waals surface area contributed by atoms with Crippen molar-refractivity contribution in [3.8, 4) is 5.75 Å². The van der Waals surface area contributed by atoms with Gasteiger partial charge in [-0.3, -0.25) is 4.98 Å². The van der Waals surface area contributed by atoms with Gasteiger partial charge < -0.3 is 15.7 Å². The van der Waals surface area contributed by atoms with E-state index < -0.39 is 0 Å². The van der Waals surface area contributed by atoms with Gasteiger partial charge in [-0.15, -0.1) is 0 Å². The lowest BCUT2D eigenvalue weighted by atomic mass is 10.1. The lowest BCUT2D eigenvalue weighted by Crippen LogP contribution is -2.39. The van der Waals surface area contributed by atoms with E-state index in [2.05, 4.69) is 9.88 Å². The van der Waals surface area contributed by atoms with Gasteiger partial charge in [0, 0.05) is 25.2 Å². The minimum Gasteiger partial charge on any atom is -0.506 e. The number of aromatic hydroxyl groups is 1. The Kier molecular flexibility index (Phi) is 2.54. The van der Waals surface area contributed by atoms with E-state index >= 15 is 0 Å². The standard InChI is InChI=1S/C10H15N3O/c11-8-1-3-13(4-2-8)9-5-10(14)7-12-6-9/h5-8,14H,1-4,11H2. The van der Waals surface area contributed by atoms with Crippen molar-refractivity contribution in [3.63, 3.8) is 0 Å². The summed E-state index contributed by atoms with van der Waals surface area (Å²) < 4.78 is 0. The molecule has 3 N–H and O–H groups in total. The van der Waals surface area contributed by atoms with E-state index in [0.717, 1.165) is 31.6 Å². The predicted molar refractivity (Wildman–Crippen MR) is 55.3 cm³/mol. The molecule has 0 saturated carbocycles. The molecule has 0 amide bonds. The molecule has 1 aliphatic rings. The molecule has 1 saturated heterocycles. The smallest absolute Gasteiger partial charge is 0.135 e. The molecule has 4 nitrogen and oxygen atoms in total. The van der Waals surface area contributed by atoms with Crippen molar-refractivity contribution in [1.29, 1.82) is 0 Å². The summed E-state index contributed by atoms with van der Waals surface area (Å²) in [6.45, 7) is 1.90. The van der Waals surface area contributed by atoms with Crippen molar-refractivity contribution >= 4 is 5.69 Å². The van der Waals surface area contributed by atoms with E-state index in [1.54, 1.807) is 12.3 Å². The van der Waals surface area contributed by atoms with Crippen LogP contribution in [-0.2, 0) is 0 Å². The highest BCUT2D eigenvalue weighted by atomic mass is 16.3. The fourth-order valence-corrected chi connectivity index (χ4v) is 1.75. The molecule has 2 rings (SSSR count). The van der Waals surface area contributed by atoms with Crippen LogP contribution in [0, 0.1) is 0 Å². The Bertz CT molecular complexity index is 308. The molecule has 76 valence electrons. The van der Waals surface area contributed by atoms with Crippen LogP contribution in [0.2, 0.25) is 0 Å². The van der Waals surface area contributed by atoms with Gasteiger partial charge in [-0.2, -0.15) is 0 Å². The Morgan fingerprint density at radius 1 is 1.36 bits per heavy atom. The number of piperidine rings is 1. The molecule has 0 unspecified atom stereocenters. The molecular formula is C10H15N3O. The van der Waals surface area contributed by atoms with E-state index in [0.29, 0.717) is 6.04 Å². The van der Waals surface area contributed by atoms with E-state index in [4.69, 9.17) is 5.73 Å². The summed E-state index contributed by atoms with van der Waals surface area (Å²) in [5, 5.41) is 9.28. The summed E-state index contributed by atoms with van der Waals surface area (Å²) in [4.78, 5) is 6.16. The van der Waals surface area contributed by atoms with Crippen molar-refractivity contribution in [2.45, 2.75) is 18.9 Å². The van der Waals surface area contributed by atoms with Gasteiger partial charge in [0.1, 0.15) is 5.75 Å². The van der Waals surface area contributed by atoms with Crippen LogP contribution in [0.4, 0.5) is 5.69 Å². The number of rotatable bonds is 1. The Morgan fingerprint density at radius 3 is 2.71 bits per heavy atom. The van der Waals surface area contributed by atoms with E-state index in [9.17, 15) is 5.11 Å². The SMILES string of the molecule is NC1CCN(c2cncc(O)c2)CC1. The van der Waals surface area contributed by atoms with E-state index in [1.807, 2.05) is 0 Å². The monoisotopic (exact) mass is 193 g/mol. The zero-order chi connectivity index (χ0) is 9.97. The summed E-state index contributed by atoms with van der Waals surface area (Å²) in [6, 6.07) is 2.07. The normalized spacial score (nSPS) is 18.5. The Balaban J connectivity index is 2.08. The molecule has 1 aromatic heterocycles. The van der Waals surface area contributed by atoms with Crippen molar-refractivity contribution in [2.75, 3.05) is 18.0 Å². The first kappa shape index (κ1) is 9.27. The minimum absolute atomic E-state index is 0.220. The van der Waals surface area contributed by atoms with Crippen LogP contribution in [0.25, 0.3) is 0 Å². The lowest BCUT2D eigenvalue weighted by molar-refractivity contribution is 0.470. The van der Waals surface area contributed by atoms with Crippen molar-refractivity contribution in [2.24, 2.45) is 5.73 Å². The van der Waals surface area contributed by atoms with Crippen LogP contribution in [0.1, 0.15) is 12.8 Å². The van der Waals surface area contributed by atoms with Gasteiger partial charge in [0.05, 0.1) is 18.1 Å². The summed E-state index contributed by atoms with van der Waals surface area (Å²) in [5.41, 5.74) is 6.80. The van der Waals surface area contributed by atoms with Crippen molar-refractivity contribution in [3.05, 3.63) is 18.5 Å². The molecule has 4 heteroatoms. The Morgan fingerprint density at radius 2 is 2.07 bits per heavy atom. The average molecular weight is 193 g/mol. The summed E-state index contributed by atoms with van der Waals surface area (Å²) >= 11 is 0. The Hall–Kier alpha value is -1.29. The summed E-state index contributed by atoms with van der Waals surface area (Å²) in [7, 11) is 0. The molecule has 1 aliphatic heterocycles. The highest BCUT2D eigenvalue weighted by Crippen LogP contribution is 2.21. The third-order valence-corrected chi connectivity index (χ3v) is 2.61.